The Morgan fingerprint density at radius 3 is 2.83 bits per heavy atom. The number of hydrogen-bond donors (Lipinski definition) is 0. The minimum atomic E-state index is -0.337. The molecule has 0 N–H and O–H groups in total. The molecule has 0 aliphatic carbocycles. The van der Waals surface area contributed by atoms with E-state index in [0.29, 0.717) is 12.2 Å². The molecule has 6 nitrogen and oxygen atoms in total. The van der Waals surface area contributed by atoms with Gasteiger partial charge in [-0.1, -0.05) is 12.1 Å². The standard InChI is InChI=1S/C12H12N4O2/c1-14-7-11-9(6-13-15(11)2)8-4-3-5-10(12(8)14)16(17)18/h3-6H,7H2,1-2H3. The van der Waals surface area contributed by atoms with E-state index in [1.807, 2.05) is 29.7 Å². The van der Waals surface area contributed by atoms with Crippen LogP contribution < -0.4 is 4.90 Å². The third-order valence-corrected chi connectivity index (χ3v) is 3.33. The number of hydrogen-bond acceptors (Lipinski definition) is 4. The number of aryl methyl sites for hydroxylation is 1. The first kappa shape index (κ1) is 10.8. The maximum Gasteiger partial charge on any atom is 0.293 e. The van der Waals surface area contributed by atoms with Gasteiger partial charge in [-0.05, 0) is 0 Å². The Morgan fingerprint density at radius 2 is 2.11 bits per heavy atom. The maximum absolute atomic E-state index is 11.1. The van der Waals surface area contributed by atoms with Crippen molar-refractivity contribution >= 4 is 11.4 Å². The van der Waals surface area contributed by atoms with E-state index in [9.17, 15) is 10.1 Å². The summed E-state index contributed by atoms with van der Waals surface area (Å²) < 4.78 is 1.81. The first-order valence-electron chi connectivity index (χ1n) is 5.59. The third-order valence-electron chi connectivity index (χ3n) is 3.33. The van der Waals surface area contributed by atoms with Gasteiger partial charge in [-0.25, -0.2) is 0 Å². The molecule has 2 aromatic rings. The largest absolute Gasteiger partial charge is 0.363 e. The fourth-order valence-electron chi connectivity index (χ4n) is 2.48. The predicted octanol–water partition coefficient (Wildman–Crippen LogP) is 1.95. The summed E-state index contributed by atoms with van der Waals surface area (Å²) in [6.45, 7) is 0.629. The lowest BCUT2D eigenvalue weighted by Gasteiger charge is -2.27. The zero-order valence-corrected chi connectivity index (χ0v) is 10.1. The van der Waals surface area contributed by atoms with Crippen molar-refractivity contribution in [2.75, 3.05) is 11.9 Å². The van der Waals surface area contributed by atoms with Crippen LogP contribution in [0.4, 0.5) is 11.4 Å². The van der Waals surface area contributed by atoms with E-state index in [4.69, 9.17) is 0 Å². The van der Waals surface area contributed by atoms with Crippen LogP contribution in [-0.2, 0) is 13.6 Å². The van der Waals surface area contributed by atoms with E-state index in [0.717, 1.165) is 16.8 Å². The van der Waals surface area contributed by atoms with Crippen LogP contribution in [0.2, 0.25) is 0 Å². The number of nitro groups is 1. The van der Waals surface area contributed by atoms with Gasteiger partial charge in [0.05, 0.1) is 23.4 Å². The highest BCUT2D eigenvalue weighted by Crippen LogP contribution is 2.43. The molecule has 2 heterocycles. The van der Waals surface area contributed by atoms with Gasteiger partial charge in [-0.15, -0.1) is 0 Å². The van der Waals surface area contributed by atoms with Crippen LogP contribution in [0.25, 0.3) is 11.1 Å². The van der Waals surface area contributed by atoms with Crippen molar-refractivity contribution < 1.29 is 4.92 Å². The highest BCUT2D eigenvalue weighted by atomic mass is 16.6. The van der Waals surface area contributed by atoms with E-state index in [-0.39, 0.29) is 10.6 Å². The van der Waals surface area contributed by atoms with Gasteiger partial charge in [-0.3, -0.25) is 14.8 Å². The smallest absolute Gasteiger partial charge is 0.293 e. The zero-order chi connectivity index (χ0) is 12.9. The van der Waals surface area contributed by atoms with E-state index in [2.05, 4.69) is 5.10 Å². The van der Waals surface area contributed by atoms with Gasteiger partial charge in [-0.2, -0.15) is 5.10 Å². The Bertz CT molecular complexity index is 648. The van der Waals surface area contributed by atoms with E-state index < -0.39 is 0 Å². The lowest BCUT2D eigenvalue weighted by Crippen LogP contribution is -2.24. The summed E-state index contributed by atoms with van der Waals surface area (Å²) >= 11 is 0. The van der Waals surface area contributed by atoms with Gasteiger partial charge < -0.3 is 4.90 Å². The minimum absolute atomic E-state index is 0.143. The second kappa shape index (κ2) is 3.56. The van der Waals surface area contributed by atoms with Crippen molar-refractivity contribution in [1.82, 2.24) is 9.78 Å². The minimum Gasteiger partial charge on any atom is -0.363 e. The van der Waals surface area contributed by atoms with Gasteiger partial charge in [0.1, 0.15) is 5.69 Å². The van der Waals surface area contributed by atoms with Crippen LogP contribution >= 0.6 is 0 Å². The van der Waals surface area contributed by atoms with Crippen molar-refractivity contribution in [3.8, 4) is 11.1 Å². The molecular weight excluding hydrogens is 232 g/mol. The molecule has 1 aromatic carbocycles. The molecule has 0 bridgehead atoms. The quantitative estimate of drug-likeness (QED) is 0.568. The van der Waals surface area contributed by atoms with Crippen LogP contribution in [-0.4, -0.2) is 21.8 Å². The van der Waals surface area contributed by atoms with Crippen molar-refractivity contribution in [1.29, 1.82) is 0 Å². The first-order chi connectivity index (χ1) is 8.59. The highest BCUT2D eigenvalue weighted by Gasteiger charge is 2.29. The topological polar surface area (TPSA) is 64.2 Å². The average molecular weight is 244 g/mol. The molecule has 0 amide bonds. The monoisotopic (exact) mass is 244 g/mol. The Kier molecular flexibility index (Phi) is 2.13. The normalized spacial score (nSPS) is 13.1. The molecule has 0 radical (unpaired) electrons. The lowest BCUT2D eigenvalue weighted by atomic mass is 9.98. The lowest BCUT2D eigenvalue weighted by molar-refractivity contribution is -0.384. The summed E-state index contributed by atoms with van der Waals surface area (Å²) in [5.74, 6) is 0. The summed E-state index contributed by atoms with van der Waals surface area (Å²) in [5.41, 5.74) is 3.74. The molecule has 0 spiro atoms. The molecule has 0 saturated heterocycles. The molecule has 0 unspecified atom stereocenters. The van der Waals surface area contributed by atoms with E-state index in [1.165, 1.54) is 6.07 Å². The van der Waals surface area contributed by atoms with Crippen molar-refractivity contribution in [3.63, 3.8) is 0 Å². The van der Waals surface area contributed by atoms with Gasteiger partial charge >= 0.3 is 0 Å². The molecule has 0 saturated carbocycles. The number of aromatic nitrogens is 2. The number of nitrogens with zero attached hydrogens (tertiary/aromatic N) is 4. The highest BCUT2D eigenvalue weighted by molar-refractivity contribution is 5.88. The van der Waals surface area contributed by atoms with Crippen LogP contribution in [0.5, 0.6) is 0 Å². The molecule has 3 rings (SSSR count). The van der Waals surface area contributed by atoms with Gasteiger partial charge in [0, 0.05) is 31.3 Å². The fourth-order valence-corrected chi connectivity index (χ4v) is 2.48. The van der Waals surface area contributed by atoms with E-state index in [1.54, 1.807) is 12.3 Å². The van der Waals surface area contributed by atoms with Crippen molar-refractivity contribution in [2.45, 2.75) is 6.54 Å². The summed E-state index contributed by atoms with van der Waals surface area (Å²) in [4.78, 5) is 12.7. The molecule has 92 valence electrons. The van der Waals surface area contributed by atoms with Gasteiger partial charge in [0.15, 0.2) is 0 Å². The van der Waals surface area contributed by atoms with Crippen molar-refractivity contribution in [2.24, 2.45) is 7.05 Å². The third kappa shape index (κ3) is 1.32. The second-order valence-electron chi connectivity index (χ2n) is 4.42. The molecule has 18 heavy (non-hydrogen) atoms. The van der Waals surface area contributed by atoms with Crippen LogP contribution in [0.3, 0.4) is 0 Å². The van der Waals surface area contributed by atoms with Crippen LogP contribution in [0.1, 0.15) is 5.69 Å². The molecule has 1 aliphatic rings. The average Bonchev–Trinajstić information content (AvgIpc) is 2.71. The molecule has 0 atom stereocenters. The molecular formula is C12H12N4O2. The molecule has 1 aliphatic heterocycles. The molecule has 1 aromatic heterocycles. The summed E-state index contributed by atoms with van der Waals surface area (Å²) in [6, 6.07) is 5.15. The number of nitro benzene ring substituents is 1. The summed E-state index contributed by atoms with van der Waals surface area (Å²) in [6.07, 6.45) is 1.77. The van der Waals surface area contributed by atoms with Gasteiger partial charge in [0.25, 0.3) is 5.69 Å². The number of benzene rings is 1. The Labute approximate surface area is 104 Å². The Hall–Kier alpha value is -2.37. The predicted molar refractivity (Wildman–Crippen MR) is 67.4 cm³/mol. The zero-order valence-electron chi connectivity index (χ0n) is 10.1. The van der Waals surface area contributed by atoms with Crippen LogP contribution in [0, 0.1) is 10.1 Å². The fraction of sp³-hybridized carbons (Fsp3) is 0.250. The second-order valence-corrected chi connectivity index (χ2v) is 4.42. The first-order valence-corrected chi connectivity index (χ1v) is 5.59. The van der Waals surface area contributed by atoms with Gasteiger partial charge in [0.2, 0.25) is 0 Å². The Balaban J connectivity index is 2.32. The molecule has 0 fully saturated rings. The number of anilines is 1. The number of fused-ring (bicyclic) bond motifs is 3. The SMILES string of the molecule is CN1Cc2c(cnn2C)-c2cccc([N+](=O)[O-])c21. The van der Waals surface area contributed by atoms with Crippen LogP contribution in [0.15, 0.2) is 24.4 Å². The Morgan fingerprint density at radius 1 is 1.33 bits per heavy atom. The summed E-state index contributed by atoms with van der Waals surface area (Å²) in [5, 5.41) is 15.3. The number of para-hydroxylation sites is 1. The van der Waals surface area contributed by atoms with E-state index >= 15 is 0 Å². The van der Waals surface area contributed by atoms with Crippen molar-refractivity contribution in [3.05, 3.63) is 40.2 Å². The summed E-state index contributed by atoms with van der Waals surface area (Å²) in [7, 11) is 3.75. The molecule has 6 heteroatoms. The maximum atomic E-state index is 11.1. The number of rotatable bonds is 1.